The summed E-state index contributed by atoms with van der Waals surface area (Å²) in [4.78, 5) is 21.7. The van der Waals surface area contributed by atoms with Crippen molar-refractivity contribution >= 4 is 18.8 Å². The minimum atomic E-state index is -0.471. The van der Waals surface area contributed by atoms with Gasteiger partial charge in [-0.25, -0.2) is 14.8 Å². The fraction of sp³-hybridized carbons (Fsp3) is 0.643. The van der Waals surface area contributed by atoms with Gasteiger partial charge in [0.15, 0.2) is 0 Å². The number of rotatable bonds is 2. The Bertz CT molecular complexity index is 390. The van der Waals surface area contributed by atoms with E-state index < -0.39 is 5.60 Å². The molecule has 1 fully saturated rings. The van der Waals surface area contributed by atoms with Crippen molar-refractivity contribution in [2.75, 3.05) is 13.1 Å². The molecule has 112 valence electrons. The molecule has 0 atom stereocenters. The predicted molar refractivity (Wildman–Crippen MR) is 81.1 cm³/mol. The number of hydrogen-bond donors (Lipinski definition) is 1. The van der Waals surface area contributed by atoms with Crippen molar-refractivity contribution in [2.45, 2.75) is 45.3 Å². The number of likely N-dealkylation sites (tertiary alicyclic amines) is 1. The Morgan fingerprint density at radius 1 is 1.40 bits per heavy atom. The highest BCUT2D eigenvalue weighted by atomic mass is 16.6. The third-order valence-electron chi connectivity index (χ3n) is 2.85. The lowest BCUT2D eigenvalue weighted by atomic mass is 10.1. The molecule has 1 amide bonds. The van der Waals surface area contributed by atoms with Crippen molar-refractivity contribution in [3.8, 4) is 0 Å². The van der Waals surface area contributed by atoms with Crippen molar-refractivity contribution in [3.05, 3.63) is 12.8 Å². The van der Waals surface area contributed by atoms with E-state index in [1.54, 1.807) is 0 Å². The lowest BCUT2D eigenvalue weighted by Crippen LogP contribution is -2.47. The minimum Gasteiger partial charge on any atom is -0.444 e. The zero-order valence-electron chi connectivity index (χ0n) is 12.6. The van der Waals surface area contributed by atoms with Gasteiger partial charge < -0.3 is 15.0 Å². The van der Waals surface area contributed by atoms with Gasteiger partial charge in [0.1, 0.15) is 5.60 Å². The SMILES string of the molecule is C=CN=C(N=C)N1CCC(NC(=O)OC(C)(C)C)CC1. The Hall–Kier alpha value is -1.85. The molecule has 0 unspecified atom stereocenters. The van der Waals surface area contributed by atoms with E-state index in [9.17, 15) is 4.79 Å². The van der Waals surface area contributed by atoms with Crippen LogP contribution in [-0.2, 0) is 4.74 Å². The summed E-state index contributed by atoms with van der Waals surface area (Å²) in [6.07, 6.45) is 2.74. The van der Waals surface area contributed by atoms with E-state index in [1.165, 1.54) is 6.20 Å². The normalized spacial score (nSPS) is 17.6. The predicted octanol–water partition coefficient (Wildman–Crippen LogP) is 2.18. The van der Waals surface area contributed by atoms with E-state index in [1.807, 2.05) is 25.7 Å². The van der Waals surface area contributed by atoms with E-state index >= 15 is 0 Å². The van der Waals surface area contributed by atoms with Crippen molar-refractivity contribution in [1.29, 1.82) is 0 Å². The quantitative estimate of drug-likeness (QED) is 0.622. The van der Waals surface area contributed by atoms with E-state index in [2.05, 4.69) is 28.6 Å². The molecule has 0 radical (unpaired) electrons. The summed E-state index contributed by atoms with van der Waals surface area (Å²) in [6.45, 7) is 14.1. The molecule has 6 heteroatoms. The number of carbonyl (C=O) groups excluding carboxylic acids is 1. The fourth-order valence-electron chi connectivity index (χ4n) is 2.00. The second kappa shape index (κ2) is 7.07. The Kier molecular flexibility index (Phi) is 5.73. The molecule has 20 heavy (non-hydrogen) atoms. The Labute approximate surface area is 120 Å². The molecule has 0 bridgehead atoms. The molecule has 1 N–H and O–H groups in total. The first-order valence-corrected chi connectivity index (χ1v) is 6.75. The van der Waals surface area contributed by atoms with Crippen LogP contribution in [0.3, 0.4) is 0 Å². The zero-order chi connectivity index (χ0) is 15.2. The van der Waals surface area contributed by atoms with Gasteiger partial charge >= 0.3 is 6.09 Å². The maximum Gasteiger partial charge on any atom is 0.407 e. The number of guanidine groups is 1. The smallest absolute Gasteiger partial charge is 0.407 e. The summed E-state index contributed by atoms with van der Waals surface area (Å²) in [7, 11) is 0. The molecule has 1 aliphatic heterocycles. The van der Waals surface area contributed by atoms with Crippen LogP contribution < -0.4 is 5.32 Å². The molecule has 6 nitrogen and oxygen atoms in total. The van der Waals surface area contributed by atoms with Gasteiger partial charge in [-0.15, -0.1) is 0 Å². The molecule has 1 saturated heterocycles. The van der Waals surface area contributed by atoms with Crippen LogP contribution in [0.4, 0.5) is 4.79 Å². The third-order valence-corrected chi connectivity index (χ3v) is 2.85. The molecular weight excluding hydrogens is 256 g/mol. The minimum absolute atomic E-state index is 0.121. The topological polar surface area (TPSA) is 66.3 Å². The monoisotopic (exact) mass is 280 g/mol. The Morgan fingerprint density at radius 2 is 2.00 bits per heavy atom. The van der Waals surface area contributed by atoms with Gasteiger partial charge in [0.25, 0.3) is 0 Å². The van der Waals surface area contributed by atoms with Crippen LogP contribution >= 0.6 is 0 Å². The largest absolute Gasteiger partial charge is 0.444 e. The lowest BCUT2D eigenvalue weighted by Gasteiger charge is -2.33. The van der Waals surface area contributed by atoms with Crippen molar-refractivity contribution in [3.63, 3.8) is 0 Å². The van der Waals surface area contributed by atoms with Crippen LogP contribution in [0, 0.1) is 0 Å². The van der Waals surface area contributed by atoms with Gasteiger partial charge in [-0.05, 0) is 40.3 Å². The molecule has 1 heterocycles. The molecule has 1 aliphatic rings. The number of hydrogen-bond acceptors (Lipinski definition) is 3. The number of nitrogens with zero attached hydrogens (tertiary/aromatic N) is 3. The molecule has 0 aliphatic carbocycles. The summed E-state index contributed by atoms with van der Waals surface area (Å²) in [6, 6.07) is 0.121. The lowest BCUT2D eigenvalue weighted by molar-refractivity contribution is 0.0488. The summed E-state index contributed by atoms with van der Waals surface area (Å²) in [5, 5.41) is 2.89. The van der Waals surface area contributed by atoms with Crippen molar-refractivity contribution in [1.82, 2.24) is 10.2 Å². The number of ether oxygens (including phenoxy) is 1. The first kappa shape index (κ1) is 16.2. The van der Waals surface area contributed by atoms with E-state index in [4.69, 9.17) is 4.74 Å². The van der Waals surface area contributed by atoms with Crippen molar-refractivity contribution in [2.24, 2.45) is 9.98 Å². The number of piperidine rings is 1. The van der Waals surface area contributed by atoms with Crippen LogP contribution in [0.5, 0.6) is 0 Å². The summed E-state index contributed by atoms with van der Waals surface area (Å²) in [5.74, 6) is 0.579. The Balaban J connectivity index is 2.43. The van der Waals surface area contributed by atoms with Gasteiger partial charge in [-0.2, -0.15) is 0 Å². The number of nitrogens with one attached hydrogen (secondary N) is 1. The van der Waals surface area contributed by atoms with Crippen LogP contribution in [0.1, 0.15) is 33.6 Å². The van der Waals surface area contributed by atoms with E-state index in [0.29, 0.717) is 5.96 Å². The van der Waals surface area contributed by atoms with Crippen LogP contribution in [0.15, 0.2) is 22.8 Å². The highest BCUT2D eigenvalue weighted by Crippen LogP contribution is 2.13. The maximum absolute atomic E-state index is 11.7. The molecule has 0 saturated carbocycles. The second-order valence-corrected chi connectivity index (χ2v) is 5.68. The number of alkyl carbamates (subject to hydrolysis) is 1. The van der Waals surface area contributed by atoms with Crippen LogP contribution in [-0.4, -0.2) is 48.4 Å². The van der Waals surface area contributed by atoms with Gasteiger partial charge in [-0.1, -0.05) is 6.58 Å². The summed E-state index contributed by atoms with van der Waals surface area (Å²) < 4.78 is 5.25. The average molecular weight is 280 g/mol. The molecular formula is C14H24N4O2. The number of aliphatic imine (C=N–C) groups is 2. The van der Waals surface area contributed by atoms with Gasteiger partial charge in [-0.3, -0.25) is 0 Å². The molecule has 0 aromatic heterocycles. The highest BCUT2D eigenvalue weighted by molar-refractivity contribution is 5.84. The maximum atomic E-state index is 11.7. The third kappa shape index (κ3) is 5.42. The van der Waals surface area contributed by atoms with Crippen molar-refractivity contribution < 1.29 is 9.53 Å². The molecule has 0 aromatic carbocycles. The molecule has 0 aromatic rings. The number of amides is 1. The van der Waals surface area contributed by atoms with Gasteiger partial charge in [0.05, 0.1) is 0 Å². The molecule has 0 spiro atoms. The Morgan fingerprint density at radius 3 is 2.45 bits per heavy atom. The first-order chi connectivity index (χ1) is 9.35. The summed E-state index contributed by atoms with van der Waals surface area (Å²) in [5.41, 5.74) is -0.471. The van der Waals surface area contributed by atoms with Crippen LogP contribution in [0.25, 0.3) is 0 Å². The second-order valence-electron chi connectivity index (χ2n) is 5.68. The van der Waals surface area contributed by atoms with E-state index in [0.717, 1.165) is 25.9 Å². The average Bonchev–Trinajstić information content (AvgIpc) is 2.34. The molecule has 1 rings (SSSR count). The standard InChI is InChI=1S/C14H24N4O2/c1-6-16-12(15-5)18-9-7-11(8-10-18)17-13(19)20-14(2,3)4/h6,11H,1,5,7-10H2,2-4H3,(H,17,19). The highest BCUT2D eigenvalue weighted by Gasteiger charge is 2.24. The van der Waals surface area contributed by atoms with Gasteiger partial charge in [0.2, 0.25) is 5.96 Å². The summed E-state index contributed by atoms with van der Waals surface area (Å²) >= 11 is 0. The van der Waals surface area contributed by atoms with E-state index in [-0.39, 0.29) is 12.1 Å². The first-order valence-electron chi connectivity index (χ1n) is 6.75. The van der Waals surface area contributed by atoms with Crippen LogP contribution in [0.2, 0.25) is 0 Å². The van der Waals surface area contributed by atoms with Gasteiger partial charge in [0, 0.05) is 25.3 Å². The number of carbonyl (C=O) groups is 1. The zero-order valence-corrected chi connectivity index (χ0v) is 12.6. The fourth-order valence-corrected chi connectivity index (χ4v) is 2.00.